The second kappa shape index (κ2) is 9.23. The van der Waals surface area contributed by atoms with Gasteiger partial charge in [-0.3, -0.25) is 0 Å². The molecule has 2 aromatic rings. The summed E-state index contributed by atoms with van der Waals surface area (Å²) in [7, 11) is 0. The Labute approximate surface area is 172 Å². The molecule has 3 rings (SSSR count). The second-order valence-corrected chi connectivity index (χ2v) is 8.31. The molecule has 0 saturated carbocycles. The highest BCUT2D eigenvalue weighted by Gasteiger charge is 2.49. The van der Waals surface area contributed by atoms with Gasteiger partial charge in [-0.25, -0.2) is 4.79 Å². The summed E-state index contributed by atoms with van der Waals surface area (Å²) in [4.78, 5) is 18.7. The highest BCUT2D eigenvalue weighted by molar-refractivity contribution is 6.04. The molecule has 1 atom stereocenters. The highest BCUT2D eigenvalue weighted by Crippen LogP contribution is 2.34. The van der Waals surface area contributed by atoms with Crippen LogP contribution in [0.25, 0.3) is 0 Å². The standard InChI is InChI=1S/C24H29NO4/c1-23(2,3)28-22(26)24(15-10-16-27-18-19-11-6-4-7-12-19)17-21(25-29-24)20-13-8-5-9-14-20/h4-9,11-14H,10,15-18H2,1-3H3/t24-/m0/s1. The van der Waals surface area contributed by atoms with E-state index in [2.05, 4.69) is 5.16 Å². The molecule has 0 amide bonds. The Morgan fingerprint density at radius 3 is 2.38 bits per heavy atom. The van der Waals surface area contributed by atoms with Crippen LogP contribution in [-0.2, 0) is 25.7 Å². The predicted molar refractivity (Wildman–Crippen MR) is 113 cm³/mol. The fourth-order valence-corrected chi connectivity index (χ4v) is 3.20. The number of carbonyl (C=O) groups is 1. The van der Waals surface area contributed by atoms with Crippen molar-refractivity contribution in [2.45, 2.75) is 57.8 Å². The zero-order chi connectivity index (χ0) is 20.7. The topological polar surface area (TPSA) is 57.1 Å². The summed E-state index contributed by atoms with van der Waals surface area (Å²) in [6, 6.07) is 19.8. The monoisotopic (exact) mass is 395 g/mol. The number of ether oxygens (including phenoxy) is 2. The van der Waals surface area contributed by atoms with Gasteiger partial charge >= 0.3 is 5.97 Å². The van der Waals surface area contributed by atoms with Crippen LogP contribution in [0.2, 0.25) is 0 Å². The average molecular weight is 395 g/mol. The van der Waals surface area contributed by atoms with Gasteiger partial charge in [0.15, 0.2) is 0 Å². The summed E-state index contributed by atoms with van der Waals surface area (Å²) in [5, 5.41) is 4.23. The number of rotatable bonds is 8. The van der Waals surface area contributed by atoms with Gasteiger partial charge < -0.3 is 14.3 Å². The normalized spacial score (nSPS) is 18.8. The molecule has 0 N–H and O–H groups in total. The Morgan fingerprint density at radius 1 is 1.07 bits per heavy atom. The third kappa shape index (κ3) is 5.91. The maximum Gasteiger partial charge on any atom is 0.354 e. The molecule has 29 heavy (non-hydrogen) atoms. The lowest BCUT2D eigenvalue weighted by molar-refractivity contribution is -0.182. The minimum absolute atomic E-state index is 0.372. The van der Waals surface area contributed by atoms with Crippen LogP contribution in [0.1, 0.15) is 51.2 Å². The first-order valence-corrected chi connectivity index (χ1v) is 10.0. The van der Waals surface area contributed by atoms with Crippen molar-refractivity contribution < 1.29 is 19.1 Å². The lowest BCUT2D eigenvalue weighted by Gasteiger charge is -2.29. The molecular weight excluding hydrogens is 366 g/mol. The van der Waals surface area contributed by atoms with Crippen LogP contribution in [0.3, 0.4) is 0 Å². The third-order valence-corrected chi connectivity index (χ3v) is 4.64. The lowest BCUT2D eigenvalue weighted by atomic mass is 9.89. The summed E-state index contributed by atoms with van der Waals surface area (Å²) in [5.41, 5.74) is 1.16. The van der Waals surface area contributed by atoms with E-state index in [-0.39, 0.29) is 5.97 Å². The minimum atomic E-state index is -1.10. The summed E-state index contributed by atoms with van der Waals surface area (Å²) in [6.07, 6.45) is 1.55. The van der Waals surface area contributed by atoms with E-state index in [1.165, 1.54) is 0 Å². The molecule has 1 aliphatic heterocycles. The molecule has 5 nitrogen and oxygen atoms in total. The van der Waals surface area contributed by atoms with Gasteiger partial charge in [-0.2, -0.15) is 0 Å². The van der Waals surface area contributed by atoms with Crippen molar-refractivity contribution in [1.82, 2.24) is 0 Å². The fourth-order valence-electron chi connectivity index (χ4n) is 3.20. The SMILES string of the molecule is CC(C)(C)OC(=O)[C@]1(CCCOCc2ccccc2)CC(c2ccccc2)=NO1. The van der Waals surface area contributed by atoms with E-state index in [0.29, 0.717) is 32.5 Å². The number of nitrogens with zero attached hydrogens (tertiary/aromatic N) is 1. The van der Waals surface area contributed by atoms with E-state index in [4.69, 9.17) is 14.3 Å². The van der Waals surface area contributed by atoms with E-state index in [1.807, 2.05) is 81.4 Å². The van der Waals surface area contributed by atoms with Crippen molar-refractivity contribution in [1.29, 1.82) is 0 Å². The summed E-state index contributed by atoms with van der Waals surface area (Å²) in [6.45, 7) is 6.65. The first-order valence-electron chi connectivity index (χ1n) is 10.0. The molecule has 1 heterocycles. The van der Waals surface area contributed by atoms with E-state index >= 15 is 0 Å². The average Bonchev–Trinajstić information content (AvgIpc) is 3.14. The number of oxime groups is 1. The van der Waals surface area contributed by atoms with Gasteiger partial charge in [0.25, 0.3) is 0 Å². The van der Waals surface area contributed by atoms with E-state index < -0.39 is 11.2 Å². The van der Waals surface area contributed by atoms with Gasteiger partial charge in [-0.15, -0.1) is 0 Å². The van der Waals surface area contributed by atoms with Crippen LogP contribution in [0, 0.1) is 0 Å². The van der Waals surface area contributed by atoms with Crippen LogP contribution >= 0.6 is 0 Å². The predicted octanol–water partition coefficient (Wildman–Crippen LogP) is 4.89. The van der Waals surface area contributed by atoms with Crippen molar-refractivity contribution in [3.63, 3.8) is 0 Å². The Hall–Kier alpha value is -2.66. The molecular formula is C24H29NO4. The van der Waals surface area contributed by atoms with Crippen molar-refractivity contribution >= 4 is 11.7 Å². The largest absolute Gasteiger partial charge is 0.457 e. The van der Waals surface area contributed by atoms with E-state index in [0.717, 1.165) is 16.8 Å². The lowest BCUT2D eigenvalue weighted by Crippen LogP contribution is -2.44. The van der Waals surface area contributed by atoms with Crippen molar-refractivity contribution in [3.05, 3.63) is 71.8 Å². The van der Waals surface area contributed by atoms with Gasteiger partial charge in [-0.1, -0.05) is 65.8 Å². The number of carbonyl (C=O) groups excluding carboxylic acids is 1. The van der Waals surface area contributed by atoms with Gasteiger partial charge in [0.1, 0.15) is 5.60 Å². The molecule has 1 aliphatic rings. The number of hydrogen-bond acceptors (Lipinski definition) is 5. The molecule has 5 heteroatoms. The quantitative estimate of drug-likeness (QED) is 0.472. The molecule has 0 unspecified atom stereocenters. The highest BCUT2D eigenvalue weighted by atomic mass is 16.7. The molecule has 0 aromatic heterocycles. The number of benzene rings is 2. The van der Waals surface area contributed by atoms with E-state index in [9.17, 15) is 4.79 Å². The first kappa shape index (κ1) is 21.1. The summed E-state index contributed by atoms with van der Waals surface area (Å²) >= 11 is 0. The molecule has 0 saturated heterocycles. The number of esters is 1. The Morgan fingerprint density at radius 2 is 1.72 bits per heavy atom. The number of hydrogen-bond donors (Lipinski definition) is 0. The van der Waals surface area contributed by atoms with Crippen molar-refractivity contribution in [3.8, 4) is 0 Å². The van der Waals surface area contributed by atoms with Crippen LogP contribution in [0.15, 0.2) is 65.8 Å². The second-order valence-electron chi connectivity index (χ2n) is 8.31. The molecule has 0 radical (unpaired) electrons. The zero-order valence-electron chi connectivity index (χ0n) is 17.4. The Kier molecular flexibility index (Phi) is 6.70. The Balaban J connectivity index is 1.61. The smallest absolute Gasteiger partial charge is 0.354 e. The summed E-state index contributed by atoms with van der Waals surface area (Å²) < 4.78 is 11.4. The van der Waals surface area contributed by atoms with Crippen LogP contribution in [-0.4, -0.2) is 29.5 Å². The van der Waals surface area contributed by atoms with Crippen molar-refractivity contribution in [2.24, 2.45) is 5.16 Å². The van der Waals surface area contributed by atoms with E-state index in [1.54, 1.807) is 0 Å². The summed E-state index contributed by atoms with van der Waals surface area (Å²) in [5.74, 6) is -0.372. The Bertz CT molecular complexity index is 827. The minimum Gasteiger partial charge on any atom is -0.457 e. The first-order chi connectivity index (χ1) is 13.9. The van der Waals surface area contributed by atoms with Gasteiger partial charge in [0.05, 0.1) is 12.3 Å². The van der Waals surface area contributed by atoms with Gasteiger partial charge in [0.2, 0.25) is 5.60 Å². The maximum atomic E-state index is 13.0. The molecule has 0 aliphatic carbocycles. The van der Waals surface area contributed by atoms with Crippen LogP contribution < -0.4 is 0 Å². The molecule has 0 bridgehead atoms. The van der Waals surface area contributed by atoms with Crippen LogP contribution in [0.5, 0.6) is 0 Å². The zero-order valence-corrected chi connectivity index (χ0v) is 17.4. The van der Waals surface area contributed by atoms with Gasteiger partial charge in [-0.05, 0) is 38.3 Å². The third-order valence-electron chi connectivity index (χ3n) is 4.64. The maximum absolute atomic E-state index is 13.0. The molecule has 0 spiro atoms. The molecule has 0 fully saturated rings. The molecule has 154 valence electrons. The van der Waals surface area contributed by atoms with Crippen LogP contribution in [0.4, 0.5) is 0 Å². The fraction of sp³-hybridized carbons (Fsp3) is 0.417. The molecule has 2 aromatic carbocycles. The van der Waals surface area contributed by atoms with Gasteiger partial charge in [0, 0.05) is 19.4 Å². The van der Waals surface area contributed by atoms with Crippen molar-refractivity contribution in [2.75, 3.05) is 6.61 Å².